The SMILES string of the molecule is CCCC(=O)Nc1ccc(Cl)c(NC(=O)CNc2ccc(OCCOc3ccccc3)cc2)c1. The molecule has 7 nitrogen and oxygen atoms in total. The summed E-state index contributed by atoms with van der Waals surface area (Å²) in [7, 11) is 0. The van der Waals surface area contributed by atoms with E-state index in [4.69, 9.17) is 21.1 Å². The van der Waals surface area contributed by atoms with E-state index in [1.54, 1.807) is 18.2 Å². The highest BCUT2D eigenvalue weighted by molar-refractivity contribution is 6.33. The number of halogens is 1. The summed E-state index contributed by atoms with van der Waals surface area (Å²) in [5.74, 6) is 1.16. The third-order valence-electron chi connectivity index (χ3n) is 4.67. The van der Waals surface area contributed by atoms with Crippen molar-refractivity contribution in [3.63, 3.8) is 0 Å². The molecule has 0 aliphatic carbocycles. The third kappa shape index (κ3) is 8.33. The van der Waals surface area contributed by atoms with Crippen molar-refractivity contribution in [1.82, 2.24) is 0 Å². The number of rotatable bonds is 12. The van der Waals surface area contributed by atoms with Crippen LogP contribution in [0.15, 0.2) is 72.8 Å². The molecule has 8 heteroatoms. The fourth-order valence-electron chi connectivity index (χ4n) is 3.03. The highest BCUT2D eigenvalue weighted by Gasteiger charge is 2.09. The van der Waals surface area contributed by atoms with Gasteiger partial charge in [0, 0.05) is 17.8 Å². The van der Waals surface area contributed by atoms with E-state index in [9.17, 15) is 9.59 Å². The minimum Gasteiger partial charge on any atom is -0.490 e. The number of para-hydroxylation sites is 1. The Labute approximate surface area is 204 Å². The average molecular weight is 482 g/mol. The third-order valence-corrected chi connectivity index (χ3v) is 5.00. The zero-order valence-electron chi connectivity index (χ0n) is 19.0. The van der Waals surface area contributed by atoms with Crippen LogP contribution < -0.4 is 25.4 Å². The fourth-order valence-corrected chi connectivity index (χ4v) is 3.20. The molecule has 0 saturated carbocycles. The Kier molecular flexibility index (Phi) is 9.61. The summed E-state index contributed by atoms with van der Waals surface area (Å²) in [4.78, 5) is 24.2. The zero-order valence-corrected chi connectivity index (χ0v) is 19.7. The number of ether oxygens (including phenoxy) is 2. The topological polar surface area (TPSA) is 88.7 Å². The summed E-state index contributed by atoms with van der Waals surface area (Å²) in [5, 5.41) is 9.00. The molecule has 34 heavy (non-hydrogen) atoms. The summed E-state index contributed by atoms with van der Waals surface area (Å²) in [6.45, 7) is 2.84. The maximum Gasteiger partial charge on any atom is 0.243 e. The minimum absolute atomic E-state index is 0.0495. The molecule has 3 aromatic carbocycles. The molecule has 0 aliphatic rings. The number of anilines is 3. The maximum atomic E-state index is 12.4. The number of benzene rings is 3. The van der Waals surface area contributed by atoms with Crippen molar-refractivity contribution in [2.45, 2.75) is 19.8 Å². The van der Waals surface area contributed by atoms with Gasteiger partial charge in [0.05, 0.1) is 17.3 Å². The molecule has 0 atom stereocenters. The van der Waals surface area contributed by atoms with Gasteiger partial charge in [0.1, 0.15) is 24.7 Å². The lowest BCUT2D eigenvalue weighted by Crippen LogP contribution is -2.22. The van der Waals surface area contributed by atoms with Crippen molar-refractivity contribution in [2.24, 2.45) is 0 Å². The molecule has 0 heterocycles. The number of hydrogen-bond acceptors (Lipinski definition) is 5. The van der Waals surface area contributed by atoms with Gasteiger partial charge in [-0.25, -0.2) is 0 Å². The van der Waals surface area contributed by atoms with E-state index in [0.29, 0.717) is 41.8 Å². The van der Waals surface area contributed by atoms with E-state index in [1.807, 2.05) is 61.5 Å². The molecule has 0 spiro atoms. The molecular weight excluding hydrogens is 454 g/mol. The molecule has 0 fully saturated rings. The standard InChI is InChI=1S/C26H28ClN3O4/c1-2-6-25(31)29-20-11-14-23(27)24(17-20)30-26(32)18-28-19-9-12-22(13-10-19)34-16-15-33-21-7-4-3-5-8-21/h3-5,7-14,17,28H,2,6,15-16,18H2,1H3,(H,29,31)(H,30,32). The second-order valence-electron chi connectivity index (χ2n) is 7.43. The molecule has 178 valence electrons. The number of carbonyl (C=O) groups is 2. The highest BCUT2D eigenvalue weighted by atomic mass is 35.5. The van der Waals surface area contributed by atoms with E-state index in [1.165, 1.54) is 0 Å². The summed E-state index contributed by atoms with van der Waals surface area (Å²) < 4.78 is 11.3. The Morgan fingerprint density at radius 2 is 1.44 bits per heavy atom. The molecule has 3 N–H and O–H groups in total. The first kappa shape index (κ1) is 24.9. The van der Waals surface area contributed by atoms with Gasteiger partial charge < -0.3 is 25.4 Å². The van der Waals surface area contributed by atoms with Crippen molar-refractivity contribution in [1.29, 1.82) is 0 Å². The van der Waals surface area contributed by atoms with Gasteiger partial charge in [0.2, 0.25) is 11.8 Å². The molecule has 0 unspecified atom stereocenters. The van der Waals surface area contributed by atoms with Crippen molar-refractivity contribution < 1.29 is 19.1 Å². The smallest absolute Gasteiger partial charge is 0.243 e. The van der Waals surface area contributed by atoms with Crippen LogP contribution in [0.5, 0.6) is 11.5 Å². The number of carbonyl (C=O) groups excluding carboxylic acids is 2. The fraction of sp³-hybridized carbons (Fsp3) is 0.231. The van der Waals surface area contributed by atoms with Crippen LogP contribution in [-0.4, -0.2) is 31.6 Å². The summed E-state index contributed by atoms with van der Waals surface area (Å²) in [6.07, 6.45) is 1.18. The quantitative estimate of drug-likeness (QED) is 0.293. The predicted octanol–water partition coefficient (Wildman–Crippen LogP) is 5.59. The highest BCUT2D eigenvalue weighted by Crippen LogP contribution is 2.26. The number of nitrogens with one attached hydrogen (secondary N) is 3. The first-order valence-corrected chi connectivity index (χ1v) is 11.4. The molecule has 0 radical (unpaired) electrons. The lowest BCUT2D eigenvalue weighted by Gasteiger charge is -2.12. The second-order valence-corrected chi connectivity index (χ2v) is 7.84. The lowest BCUT2D eigenvalue weighted by atomic mass is 10.2. The number of amides is 2. The Balaban J connectivity index is 1.42. The van der Waals surface area contributed by atoms with Crippen molar-refractivity contribution in [2.75, 3.05) is 35.7 Å². The monoisotopic (exact) mass is 481 g/mol. The van der Waals surface area contributed by atoms with E-state index < -0.39 is 0 Å². The average Bonchev–Trinajstić information content (AvgIpc) is 2.84. The lowest BCUT2D eigenvalue weighted by molar-refractivity contribution is -0.116. The van der Waals surface area contributed by atoms with E-state index >= 15 is 0 Å². The van der Waals surface area contributed by atoms with Crippen molar-refractivity contribution in [3.05, 3.63) is 77.8 Å². The van der Waals surface area contributed by atoms with Crippen LogP contribution in [0, 0.1) is 0 Å². The van der Waals surface area contributed by atoms with E-state index in [2.05, 4.69) is 16.0 Å². The van der Waals surface area contributed by atoms with Gasteiger partial charge in [-0.3, -0.25) is 9.59 Å². The molecule has 2 amide bonds. The van der Waals surface area contributed by atoms with E-state index in [0.717, 1.165) is 17.9 Å². The van der Waals surface area contributed by atoms with Crippen LogP contribution in [0.4, 0.5) is 17.1 Å². The first-order valence-electron chi connectivity index (χ1n) is 11.1. The van der Waals surface area contributed by atoms with Crippen LogP contribution in [0.3, 0.4) is 0 Å². The van der Waals surface area contributed by atoms with Gasteiger partial charge in [-0.05, 0) is 61.0 Å². The van der Waals surface area contributed by atoms with Gasteiger partial charge in [-0.2, -0.15) is 0 Å². The maximum absolute atomic E-state index is 12.4. The van der Waals surface area contributed by atoms with Gasteiger partial charge >= 0.3 is 0 Å². The molecule has 0 aromatic heterocycles. The van der Waals surface area contributed by atoms with Gasteiger partial charge in [-0.15, -0.1) is 0 Å². The molecule has 0 aliphatic heterocycles. The second kappa shape index (κ2) is 13.1. The summed E-state index contributed by atoms with van der Waals surface area (Å²) in [6, 6.07) is 21.8. The van der Waals surface area contributed by atoms with Crippen LogP contribution >= 0.6 is 11.6 Å². The van der Waals surface area contributed by atoms with Crippen LogP contribution in [0.25, 0.3) is 0 Å². The molecule has 3 rings (SSSR count). The first-order chi connectivity index (χ1) is 16.5. The Morgan fingerprint density at radius 1 is 0.794 bits per heavy atom. The van der Waals surface area contributed by atoms with Gasteiger partial charge in [0.15, 0.2) is 0 Å². The van der Waals surface area contributed by atoms with Gasteiger partial charge in [0.25, 0.3) is 0 Å². The Bertz CT molecular complexity index is 1080. The summed E-state index contributed by atoms with van der Waals surface area (Å²) in [5.41, 5.74) is 1.79. The zero-order chi connectivity index (χ0) is 24.2. The van der Waals surface area contributed by atoms with Crippen molar-refractivity contribution in [3.8, 4) is 11.5 Å². The van der Waals surface area contributed by atoms with Crippen LogP contribution in [0.2, 0.25) is 5.02 Å². The molecule has 3 aromatic rings. The molecule has 0 bridgehead atoms. The largest absolute Gasteiger partial charge is 0.490 e. The van der Waals surface area contributed by atoms with Crippen LogP contribution in [0.1, 0.15) is 19.8 Å². The molecular formula is C26H28ClN3O4. The normalized spacial score (nSPS) is 10.3. The number of hydrogen-bond donors (Lipinski definition) is 3. The van der Waals surface area contributed by atoms with Crippen molar-refractivity contribution >= 4 is 40.5 Å². The minimum atomic E-state index is -0.266. The van der Waals surface area contributed by atoms with Gasteiger partial charge in [-0.1, -0.05) is 36.7 Å². The molecule has 0 saturated heterocycles. The van der Waals surface area contributed by atoms with Crippen LogP contribution in [-0.2, 0) is 9.59 Å². The van der Waals surface area contributed by atoms with E-state index in [-0.39, 0.29) is 18.4 Å². The summed E-state index contributed by atoms with van der Waals surface area (Å²) >= 11 is 6.19. The Morgan fingerprint density at radius 3 is 2.12 bits per heavy atom. The predicted molar refractivity (Wildman–Crippen MR) is 136 cm³/mol. The Hall–Kier alpha value is -3.71.